The highest BCUT2D eigenvalue weighted by atomic mass is 16.4. The highest BCUT2D eigenvalue weighted by molar-refractivity contribution is 5.76. The molecule has 0 unspecified atom stereocenters. The fraction of sp³-hybridized carbons (Fsp3) is 0.800. The molecule has 1 aliphatic carbocycles. The standard InChI is InChI=1S/C5H7NO2/c7-5(8)4-2-1-3(2)6-4/h2-4,6H,1H2,(H,7,8)/t2-,3+,4-/m0/s1. The molecule has 0 aromatic heterocycles. The van der Waals surface area contributed by atoms with Gasteiger partial charge in [-0.25, -0.2) is 0 Å². The Hall–Kier alpha value is -0.570. The van der Waals surface area contributed by atoms with Crippen molar-refractivity contribution in [2.24, 2.45) is 5.92 Å². The third kappa shape index (κ3) is 0.351. The number of aliphatic carboxylic acids is 1. The van der Waals surface area contributed by atoms with Gasteiger partial charge in [0.1, 0.15) is 6.04 Å². The molecule has 0 spiro atoms. The molecule has 0 radical (unpaired) electrons. The monoisotopic (exact) mass is 113 g/mol. The summed E-state index contributed by atoms with van der Waals surface area (Å²) in [4.78, 5) is 10.2. The van der Waals surface area contributed by atoms with E-state index in [9.17, 15) is 4.79 Å². The topological polar surface area (TPSA) is 49.3 Å². The maximum Gasteiger partial charge on any atom is 0.321 e. The molecule has 1 heterocycles. The first kappa shape index (κ1) is 4.32. The van der Waals surface area contributed by atoms with Gasteiger partial charge in [-0.15, -0.1) is 0 Å². The van der Waals surface area contributed by atoms with Crippen molar-refractivity contribution in [2.45, 2.75) is 18.5 Å². The molecule has 0 aromatic rings. The summed E-state index contributed by atoms with van der Waals surface area (Å²) in [5, 5.41) is 11.3. The summed E-state index contributed by atoms with van der Waals surface area (Å²) >= 11 is 0. The molecule has 0 aromatic carbocycles. The number of carboxylic acid groups (broad SMARTS) is 1. The van der Waals surface area contributed by atoms with Crippen molar-refractivity contribution in [1.82, 2.24) is 5.32 Å². The quantitative estimate of drug-likeness (QED) is 0.479. The van der Waals surface area contributed by atoms with E-state index in [0.29, 0.717) is 12.0 Å². The maximum atomic E-state index is 10.2. The van der Waals surface area contributed by atoms with E-state index in [0.717, 1.165) is 6.42 Å². The number of carbonyl (C=O) groups is 1. The first-order valence-corrected chi connectivity index (χ1v) is 2.78. The van der Waals surface area contributed by atoms with Crippen molar-refractivity contribution >= 4 is 5.97 Å². The Balaban J connectivity index is 2.01. The van der Waals surface area contributed by atoms with Crippen LogP contribution in [-0.4, -0.2) is 23.2 Å². The Morgan fingerprint density at radius 1 is 1.75 bits per heavy atom. The smallest absolute Gasteiger partial charge is 0.321 e. The van der Waals surface area contributed by atoms with Gasteiger partial charge in [-0.2, -0.15) is 0 Å². The van der Waals surface area contributed by atoms with Crippen molar-refractivity contribution in [1.29, 1.82) is 0 Å². The molecule has 2 N–H and O–H groups in total. The molecule has 44 valence electrons. The molecule has 1 saturated heterocycles. The minimum atomic E-state index is -0.691. The molecule has 2 aliphatic rings. The first-order chi connectivity index (χ1) is 3.79. The average Bonchev–Trinajstić information content (AvgIpc) is 2.13. The largest absolute Gasteiger partial charge is 0.480 e. The summed E-state index contributed by atoms with van der Waals surface area (Å²) in [6.45, 7) is 0. The molecule has 1 saturated carbocycles. The van der Waals surface area contributed by atoms with E-state index in [1.165, 1.54) is 0 Å². The van der Waals surface area contributed by atoms with Gasteiger partial charge in [-0.1, -0.05) is 0 Å². The molecule has 8 heavy (non-hydrogen) atoms. The molecule has 2 rings (SSSR count). The summed E-state index contributed by atoms with van der Waals surface area (Å²) in [6.07, 6.45) is 1.08. The van der Waals surface area contributed by atoms with Crippen molar-refractivity contribution in [3.05, 3.63) is 0 Å². The van der Waals surface area contributed by atoms with E-state index in [-0.39, 0.29) is 6.04 Å². The van der Waals surface area contributed by atoms with Gasteiger partial charge in [0.2, 0.25) is 0 Å². The summed E-state index contributed by atoms with van der Waals surface area (Å²) < 4.78 is 0. The Kier molecular flexibility index (Phi) is 0.568. The van der Waals surface area contributed by atoms with Crippen LogP contribution in [0.4, 0.5) is 0 Å². The molecule has 3 heteroatoms. The first-order valence-electron chi connectivity index (χ1n) is 2.78. The number of rotatable bonds is 1. The van der Waals surface area contributed by atoms with Gasteiger partial charge in [0.25, 0.3) is 0 Å². The van der Waals surface area contributed by atoms with Crippen LogP contribution in [0.15, 0.2) is 0 Å². The number of fused-ring (bicyclic) bond motifs is 1. The lowest BCUT2D eigenvalue weighted by atomic mass is 10.1. The molecule has 1 aliphatic heterocycles. The van der Waals surface area contributed by atoms with Gasteiger partial charge in [-0.05, 0) is 6.42 Å². The molecule has 2 fully saturated rings. The van der Waals surface area contributed by atoms with Crippen LogP contribution in [0.2, 0.25) is 0 Å². The van der Waals surface area contributed by atoms with E-state index in [1.807, 2.05) is 0 Å². The van der Waals surface area contributed by atoms with Crippen LogP contribution < -0.4 is 5.32 Å². The second-order valence-corrected chi connectivity index (χ2v) is 2.49. The third-order valence-corrected chi connectivity index (χ3v) is 1.93. The van der Waals surface area contributed by atoms with Crippen LogP contribution in [0.25, 0.3) is 0 Å². The van der Waals surface area contributed by atoms with Crippen LogP contribution in [0.1, 0.15) is 6.42 Å². The van der Waals surface area contributed by atoms with Gasteiger partial charge in [0.05, 0.1) is 0 Å². The summed E-state index contributed by atoms with van der Waals surface area (Å²) in [5.74, 6) is -0.212. The van der Waals surface area contributed by atoms with Gasteiger partial charge in [-0.3, -0.25) is 4.79 Å². The van der Waals surface area contributed by atoms with Gasteiger partial charge < -0.3 is 10.4 Å². The van der Waals surface area contributed by atoms with Gasteiger partial charge in [0.15, 0.2) is 0 Å². The van der Waals surface area contributed by atoms with Crippen LogP contribution in [0.3, 0.4) is 0 Å². The van der Waals surface area contributed by atoms with Crippen molar-refractivity contribution < 1.29 is 9.90 Å². The molecule has 3 nitrogen and oxygen atoms in total. The molecule has 3 atom stereocenters. The van der Waals surface area contributed by atoms with Crippen LogP contribution >= 0.6 is 0 Å². The fourth-order valence-corrected chi connectivity index (χ4v) is 1.26. The Morgan fingerprint density at radius 2 is 2.50 bits per heavy atom. The Labute approximate surface area is 46.7 Å². The van der Waals surface area contributed by atoms with Crippen molar-refractivity contribution in [2.75, 3.05) is 0 Å². The summed E-state index contributed by atoms with van der Waals surface area (Å²) in [5.41, 5.74) is 0. The molecule has 0 bridgehead atoms. The van der Waals surface area contributed by atoms with Crippen LogP contribution in [-0.2, 0) is 4.79 Å². The fourth-order valence-electron chi connectivity index (χ4n) is 1.26. The minimum Gasteiger partial charge on any atom is -0.480 e. The maximum absolute atomic E-state index is 10.2. The second kappa shape index (κ2) is 1.05. The highest BCUT2D eigenvalue weighted by Gasteiger charge is 2.56. The normalized spacial score (nSPS) is 49.2. The van der Waals surface area contributed by atoms with E-state index in [2.05, 4.69) is 5.32 Å². The Morgan fingerprint density at radius 3 is 2.62 bits per heavy atom. The minimum absolute atomic E-state index is 0.208. The van der Waals surface area contributed by atoms with Crippen molar-refractivity contribution in [3.8, 4) is 0 Å². The summed E-state index contributed by atoms with van der Waals surface area (Å²) in [7, 11) is 0. The number of nitrogens with one attached hydrogen (secondary N) is 1. The summed E-state index contributed by atoms with van der Waals surface area (Å²) in [6, 6.07) is 0.357. The van der Waals surface area contributed by atoms with Gasteiger partial charge >= 0.3 is 5.97 Å². The van der Waals surface area contributed by atoms with Crippen LogP contribution in [0, 0.1) is 5.92 Å². The zero-order valence-corrected chi connectivity index (χ0v) is 4.29. The third-order valence-electron chi connectivity index (χ3n) is 1.93. The molecular formula is C5H7NO2. The lowest BCUT2D eigenvalue weighted by molar-refractivity contribution is -0.141. The SMILES string of the molecule is O=C(O)[C@H]1N[C@@H]2C[C@H]12. The highest BCUT2D eigenvalue weighted by Crippen LogP contribution is 2.42. The predicted octanol–water partition coefficient (Wildman–Crippen LogP) is -0.569. The van der Waals surface area contributed by atoms with Crippen LogP contribution in [0.5, 0.6) is 0 Å². The Bertz CT molecular complexity index is 145. The second-order valence-electron chi connectivity index (χ2n) is 2.49. The number of carboxylic acids is 1. The van der Waals surface area contributed by atoms with E-state index in [4.69, 9.17) is 5.11 Å². The van der Waals surface area contributed by atoms with Gasteiger partial charge in [0, 0.05) is 12.0 Å². The lowest BCUT2D eigenvalue weighted by Crippen LogP contribution is -2.50. The average molecular weight is 113 g/mol. The van der Waals surface area contributed by atoms with E-state index < -0.39 is 5.97 Å². The number of hydrogen-bond donors (Lipinski definition) is 2. The van der Waals surface area contributed by atoms with Crippen molar-refractivity contribution in [3.63, 3.8) is 0 Å². The zero-order valence-electron chi connectivity index (χ0n) is 4.29. The lowest BCUT2D eigenvalue weighted by Gasteiger charge is -2.21. The number of hydrogen-bond acceptors (Lipinski definition) is 2. The van der Waals surface area contributed by atoms with E-state index >= 15 is 0 Å². The predicted molar refractivity (Wildman–Crippen MR) is 26.5 cm³/mol. The zero-order chi connectivity index (χ0) is 5.72. The molecule has 0 amide bonds. The molecular weight excluding hydrogens is 106 g/mol. The van der Waals surface area contributed by atoms with E-state index in [1.54, 1.807) is 0 Å².